The van der Waals surface area contributed by atoms with Gasteiger partial charge in [0, 0.05) is 25.2 Å². The van der Waals surface area contributed by atoms with E-state index in [1.54, 1.807) is 0 Å². The zero-order valence-electron chi connectivity index (χ0n) is 13.2. The third-order valence-electron chi connectivity index (χ3n) is 3.73. The minimum Gasteiger partial charge on any atom is -0.477 e. The highest BCUT2D eigenvalue weighted by atomic mass is 19.3. The molecule has 9 heteroatoms. The molecule has 2 rings (SSSR count). The Kier molecular flexibility index (Phi) is 4.75. The van der Waals surface area contributed by atoms with Crippen molar-refractivity contribution in [2.24, 2.45) is 0 Å². The molecular formula is C15H18F2N2O5. The summed E-state index contributed by atoms with van der Waals surface area (Å²) >= 11 is 0. The highest BCUT2D eigenvalue weighted by Crippen LogP contribution is 2.37. The fourth-order valence-corrected chi connectivity index (χ4v) is 2.42. The molecule has 0 bridgehead atoms. The number of likely N-dealkylation sites (tertiary alicyclic amines) is 1. The summed E-state index contributed by atoms with van der Waals surface area (Å²) in [5.41, 5.74) is -2.66. The maximum Gasteiger partial charge on any atom is 0.377 e. The molecule has 0 saturated carbocycles. The van der Waals surface area contributed by atoms with Crippen LogP contribution >= 0.6 is 0 Å². The van der Waals surface area contributed by atoms with Crippen LogP contribution < -0.4 is 4.74 Å². The smallest absolute Gasteiger partial charge is 0.377 e. The summed E-state index contributed by atoms with van der Waals surface area (Å²) in [5, 5.41) is 18.5. The van der Waals surface area contributed by atoms with E-state index in [2.05, 4.69) is 4.98 Å². The number of hydrogen-bond acceptors (Lipinski definition) is 5. The van der Waals surface area contributed by atoms with Crippen LogP contribution in [-0.2, 0) is 4.79 Å². The Bertz CT molecular complexity index is 635. The molecule has 1 aromatic rings. The Morgan fingerprint density at radius 3 is 2.58 bits per heavy atom. The molecule has 1 amide bonds. The largest absolute Gasteiger partial charge is 0.477 e. The molecule has 1 aromatic heterocycles. The summed E-state index contributed by atoms with van der Waals surface area (Å²) in [4.78, 5) is 27.9. The van der Waals surface area contributed by atoms with Crippen molar-refractivity contribution in [1.82, 2.24) is 9.88 Å². The number of amides is 1. The van der Waals surface area contributed by atoms with E-state index in [0.717, 1.165) is 4.90 Å². The van der Waals surface area contributed by atoms with Crippen molar-refractivity contribution < 1.29 is 33.3 Å². The minimum atomic E-state index is -4.34. The summed E-state index contributed by atoms with van der Waals surface area (Å²) in [6.45, 7) is 2.68. The average molecular weight is 344 g/mol. The third-order valence-corrected chi connectivity index (χ3v) is 3.73. The van der Waals surface area contributed by atoms with E-state index in [4.69, 9.17) is 9.84 Å². The zero-order chi connectivity index (χ0) is 18.1. The molecule has 7 nitrogen and oxygen atoms in total. The first-order chi connectivity index (χ1) is 11.1. The number of aromatic nitrogens is 1. The van der Waals surface area contributed by atoms with Gasteiger partial charge < -0.3 is 19.8 Å². The maximum absolute atomic E-state index is 13.6. The number of hydrogen-bond donors (Lipinski definition) is 2. The van der Waals surface area contributed by atoms with Gasteiger partial charge in [-0.15, -0.1) is 0 Å². The van der Waals surface area contributed by atoms with E-state index in [1.807, 2.05) is 13.8 Å². The van der Waals surface area contributed by atoms with Crippen LogP contribution in [0.5, 0.6) is 5.88 Å². The van der Waals surface area contributed by atoms with Gasteiger partial charge in [0.1, 0.15) is 0 Å². The van der Waals surface area contributed by atoms with E-state index >= 15 is 0 Å². The molecule has 24 heavy (non-hydrogen) atoms. The first-order valence-electron chi connectivity index (χ1n) is 7.32. The van der Waals surface area contributed by atoms with Gasteiger partial charge in [-0.3, -0.25) is 4.79 Å². The van der Waals surface area contributed by atoms with E-state index < -0.39 is 36.4 Å². The van der Waals surface area contributed by atoms with E-state index in [-0.39, 0.29) is 18.2 Å². The average Bonchev–Trinajstić information content (AvgIpc) is 2.91. The highest BCUT2D eigenvalue weighted by Gasteiger charge is 2.62. The molecular weight excluding hydrogens is 326 g/mol. The Balaban J connectivity index is 2.11. The predicted octanol–water partition coefficient (Wildman–Crippen LogP) is 1.17. The normalized spacial score (nSPS) is 21.2. The van der Waals surface area contributed by atoms with Gasteiger partial charge in [-0.25, -0.2) is 9.78 Å². The van der Waals surface area contributed by atoms with E-state index in [9.17, 15) is 23.5 Å². The fraction of sp³-hybridized carbons (Fsp3) is 0.533. The second kappa shape index (κ2) is 6.31. The molecule has 1 aliphatic rings. The number of carboxylic acids is 1. The summed E-state index contributed by atoms with van der Waals surface area (Å²) in [6.07, 6.45) is 0.623. The number of β-amino-alcohol motifs (C(OH)–C–C–N with tert-alkyl or cyclic N) is 1. The SMILES string of the molecule is CC(C)Oc1ccc(C(=O)N2CCC(O)(C(F)(F)C(=O)O)C2)cn1. The molecule has 0 aromatic carbocycles. The number of pyridine rings is 1. The Labute approximate surface area is 136 Å². The van der Waals surface area contributed by atoms with Crippen LogP contribution in [0.4, 0.5) is 8.78 Å². The van der Waals surface area contributed by atoms with Crippen LogP contribution in [-0.4, -0.2) is 62.7 Å². The number of carbonyl (C=O) groups is 2. The number of rotatable bonds is 5. The van der Waals surface area contributed by atoms with Crippen molar-refractivity contribution in [2.75, 3.05) is 13.1 Å². The van der Waals surface area contributed by atoms with Crippen molar-refractivity contribution in [1.29, 1.82) is 0 Å². The first kappa shape index (κ1) is 18.1. The highest BCUT2D eigenvalue weighted by molar-refractivity contribution is 5.94. The number of aliphatic hydroxyl groups is 1. The number of halogens is 2. The Morgan fingerprint density at radius 1 is 1.42 bits per heavy atom. The summed E-state index contributed by atoms with van der Waals surface area (Å²) in [6, 6.07) is 2.90. The van der Waals surface area contributed by atoms with Crippen molar-refractivity contribution in [3.8, 4) is 5.88 Å². The van der Waals surface area contributed by atoms with E-state index in [1.165, 1.54) is 18.3 Å². The number of alkyl halides is 2. The lowest BCUT2D eigenvalue weighted by Crippen LogP contribution is -2.55. The molecule has 132 valence electrons. The summed E-state index contributed by atoms with van der Waals surface area (Å²) < 4.78 is 32.6. The lowest BCUT2D eigenvalue weighted by atomic mass is 9.95. The van der Waals surface area contributed by atoms with Crippen LogP contribution in [0.1, 0.15) is 30.6 Å². The molecule has 0 aliphatic carbocycles. The van der Waals surface area contributed by atoms with Crippen LogP contribution in [0, 0.1) is 0 Å². The van der Waals surface area contributed by atoms with Crippen molar-refractivity contribution >= 4 is 11.9 Å². The third kappa shape index (κ3) is 3.30. The van der Waals surface area contributed by atoms with Gasteiger partial charge in [0.25, 0.3) is 5.91 Å². The van der Waals surface area contributed by atoms with E-state index in [0.29, 0.717) is 5.88 Å². The number of carbonyl (C=O) groups excluding carboxylic acids is 1. The number of aliphatic carboxylic acids is 1. The van der Waals surface area contributed by atoms with Gasteiger partial charge in [-0.05, 0) is 19.9 Å². The van der Waals surface area contributed by atoms with Crippen LogP contribution in [0.25, 0.3) is 0 Å². The fourth-order valence-electron chi connectivity index (χ4n) is 2.42. The minimum absolute atomic E-state index is 0.0918. The van der Waals surface area contributed by atoms with Gasteiger partial charge in [-0.1, -0.05) is 0 Å². The topological polar surface area (TPSA) is 100.0 Å². The van der Waals surface area contributed by atoms with Gasteiger partial charge >= 0.3 is 11.9 Å². The monoisotopic (exact) mass is 344 g/mol. The molecule has 0 radical (unpaired) electrons. The Morgan fingerprint density at radius 2 is 2.08 bits per heavy atom. The van der Waals surface area contributed by atoms with Crippen molar-refractivity contribution in [3.05, 3.63) is 23.9 Å². The number of ether oxygens (including phenoxy) is 1. The molecule has 1 fully saturated rings. The summed E-state index contributed by atoms with van der Waals surface area (Å²) in [5.74, 6) is -7.06. The van der Waals surface area contributed by atoms with Crippen molar-refractivity contribution in [3.63, 3.8) is 0 Å². The quantitative estimate of drug-likeness (QED) is 0.832. The van der Waals surface area contributed by atoms with Crippen LogP contribution in [0.3, 0.4) is 0 Å². The zero-order valence-corrected chi connectivity index (χ0v) is 13.2. The predicted molar refractivity (Wildman–Crippen MR) is 78.1 cm³/mol. The van der Waals surface area contributed by atoms with Gasteiger partial charge in [0.05, 0.1) is 18.2 Å². The van der Waals surface area contributed by atoms with Crippen LogP contribution in [0.2, 0.25) is 0 Å². The van der Waals surface area contributed by atoms with Crippen LogP contribution in [0.15, 0.2) is 18.3 Å². The molecule has 1 unspecified atom stereocenters. The Hall–Kier alpha value is -2.29. The molecule has 0 spiro atoms. The lowest BCUT2D eigenvalue weighted by molar-refractivity contribution is -0.204. The molecule has 1 aliphatic heterocycles. The first-order valence-corrected chi connectivity index (χ1v) is 7.32. The molecule has 2 N–H and O–H groups in total. The number of nitrogens with zero attached hydrogens (tertiary/aromatic N) is 2. The molecule has 1 saturated heterocycles. The second-order valence-electron chi connectivity index (χ2n) is 5.94. The number of carboxylic acid groups (broad SMARTS) is 1. The maximum atomic E-state index is 13.6. The van der Waals surface area contributed by atoms with Gasteiger partial charge in [-0.2, -0.15) is 8.78 Å². The molecule has 1 atom stereocenters. The van der Waals surface area contributed by atoms with Gasteiger partial charge in [0.2, 0.25) is 5.88 Å². The lowest BCUT2D eigenvalue weighted by Gasteiger charge is -2.28. The molecule has 2 heterocycles. The second-order valence-corrected chi connectivity index (χ2v) is 5.94. The standard InChI is InChI=1S/C15H18F2N2O5/c1-9(2)24-11-4-3-10(7-18-11)12(20)19-6-5-14(23,8-19)15(16,17)13(21)22/h3-4,7,9,23H,5-6,8H2,1-2H3,(H,21,22). The van der Waals surface area contributed by atoms with Crippen molar-refractivity contribution in [2.45, 2.75) is 37.9 Å². The summed E-state index contributed by atoms with van der Waals surface area (Å²) in [7, 11) is 0. The van der Waals surface area contributed by atoms with Gasteiger partial charge in [0.15, 0.2) is 5.60 Å².